The van der Waals surface area contributed by atoms with Crippen molar-refractivity contribution in [2.75, 3.05) is 7.05 Å². The fourth-order valence-electron chi connectivity index (χ4n) is 1.92. The van der Waals surface area contributed by atoms with E-state index in [0.717, 1.165) is 24.8 Å². The summed E-state index contributed by atoms with van der Waals surface area (Å²) in [5.74, 6) is 0.447. The normalized spacial score (nSPS) is 14.6. The summed E-state index contributed by atoms with van der Waals surface area (Å²) in [5, 5.41) is 3.93. The highest BCUT2D eigenvalue weighted by Gasteiger charge is 2.13. The van der Waals surface area contributed by atoms with Crippen molar-refractivity contribution in [1.82, 2.24) is 5.32 Å². The van der Waals surface area contributed by atoms with Crippen LogP contribution in [0.2, 0.25) is 5.02 Å². The quantitative estimate of drug-likeness (QED) is 0.811. The molecule has 0 aromatic heterocycles. The molecule has 0 aliphatic carbocycles. The van der Waals surface area contributed by atoms with Gasteiger partial charge in [-0.1, -0.05) is 31.9 Å². The lowest BCUT2D eigenvalue weighted by atomic mass is 9.94. The van der Waals surface area contributed by atoms with Crippen LogP contribution in [0.1, 0.15) is 32.3 Å². The molecule has 1 aromatic rings. The first kappa shape index (κ1) is 14.5. The van der Waals surface area contributed by atoms with Crippen LogP contribution in [0.5, 0.6) is 0 Å². The molecule has 96 valence electrons. The molecule has 0 aliphatic rings. The van der Waals surface area contributed by atoms with Crippen LogP contribution in [-0.2, 0) is 6.42 Å². The second-order valence-electron chi connectivity index (χ2n) is 4.67. The molecule has 0 amide bonds. The number of benzene rings is 1. The molecule has 0 saturated carbocycles. The number of likely N-dealkylation sites (N-methyl/N-ethyl adjacent to an activating group) is 1. The molecule has 0 bridgehead atoms. The highest BCUT2D eigenvalue weighted by Crippen LogP contribution is 2.21. The first-order chi connectivity index (χ1) is 8.06. The maximum absolute atomic E-state index is 13.2. The third-order valence-electron chi connectivity index (χ3n) is 3.27. The summed E-state index contributed by atoms with van der Waals surface area (Å²) in [6.07, 6.45) is 3.02. The smallest absolute Gasteiger partial charge is 0.123 e. The molecule has 2 unspecified atom stereocenters. The van der Waals surface area contributed by atoms with Crippen molar-refractivity contribution >= 4 is 11.6 Å². The van der Waals surface area contributed by atoms with E-state index in [1.807, 2.05) is 7.05 Å². The topological polar surface area (TPSA) is 12.0 Å². The summed E-state index contributed by atoms with van der Waals surface area (Å²) >= 11 is 6.07. The van der Waals surface area contributed by atoms with E-state index in [0.29, 0.717) is 17.0 Å². The van der Waals surface area contributed by atoms with Gasteiger partial charge in [0.05, 0.1) is 0 Å². The molecule has 17 heavy (non-hydrogen) atoms. The van der Waals surface area contributed by atoms with Gasteiger partial charge in [-0.25, -0.2) is 4.39 Å². The third kappa shape index (κ3) is 4.64. The van der Waals surface area contributed by atoms with E-state index in [1.54, 1.807) is 6.07 Å². The highest BCUT2D eigenvalue weighted by molar-refractivity contribution is 6.31. The molecule has 1 rings (SSSR count). The summed E-state index contributed by atoms with van der Waals surface area (Å²) in [6.45, 7) is 4.42. The second-order valence-corrected chi connectivity index (χ2v) is 5.08. The average Bonchev–Trinajstić information content (AvgIpc) is 2.32. The summed E-state index contributed by atoms with van der Waals surface area (Å²) in [4.78, 5) is 0. The van der Waals surface area contributed by atoms with Gasteiger partial charge in [-0.3, -0.25) is 0 Å². The Hall–Kier alpha value is -0.600. The number of nitrogens with one attached hydrogen (secondary N) is 1. The number of hydrogen-bond donors (Lipinski definition) is 1. The lowest BCUT2D eigenvalue weighted by Crippen LogP contribution is -2.29. The molecule has 0 heterocycles. The number of halogens is 2. The third-order valence-corrected chi connectivity index (χ3v) is 3.63. The summed E-state index contributed by atoms with van der Waals surface area (Å²) in [5.41, 5.74) is 0.884. The Bertz CT molecular complexity index is 354. The maximum Gasteiger partial charge on any atom is 0.123 e. The van der Waals surface area contributed by atoms with Gasteiger partial charge >= 0.3 is 0 Å². The Balaban J connectivity index is 2.69. The predicted molar refractivity (Wildman–Crippen MR) is 72.0 cm³/mol. The fraction of sp³-hybridized carbons (Fsp3) is 0.571. The van der Waals surface area contributed by atoms with Crippen LogP contribution < -0.4 is 5.32 Å². The van der Waals surface area contributed by atoms with Gasteiger partial charge in [-0.2, -0.15) is 0 Å². The number of rotatable bonds is 6. The van der Waals surface area contributed by atoms with Crippen molar-refractivity contribution in [2.45, 2.75) is 39.2 Å². The molecule has 0 spiro atoms. The van der Waals surface area contributed by atoms with E-state index in [-0.39, 0.29) is 5.82 Å². The Morgan fingerprint density at radius 1 is 1.41 bits per heavy atom. The Labute approximate surface area is 108 Å². The van der Waals surface area contributed by atoms with Gasteiger partial charge in [0.25, 0.3) is 0 Å². The second kappa shape index (κ2) is 6.97. The van der Waals surface area contributed by atoms with Crippen molar-refractivity contribution in [3.05, 3.63) is 34.6 Å². The van der Waals surface area contributed by atoms with E-state index in [1.165, 1.54) is 12.1 Å². The van der Waals surface area contributed by atoms with Gasteiger partial charge in [-0.05, 0) is 49.6 Å². The zero-order valence-corrected chi connectivity index (χ0v) is 11.5. The van der Waals surface area contributed by atoms with Crippen molar-refractivity contribution in [3.63, 3.8) is 0 Å². The van der Waals surface area contributed by atoms with Gasteiger partial charge in [0.2, 0.25) is 0 Å². The van der Waals surface area contributed by atoms with Gasteiger partial charge in [0.15, 0.2) is 0 Å². The molecule has 0 saturated heterocycles. The molecule has 1 aromatic carbocycles. The first-order valence-electron chi connectivity index (χ1n) is 6.18. The van der Waals surface area contributed by atoms with Crippen LogP contribution in [0.25, 0.3) is 0 Å². The van der Waals surface area contributed by atoms with Crippen molar-refractivity contribution in [3.8, 4) is 0 Å². The van der Waals surface area contributed by atoms with E-state index in [2.05, 4.69) is 19.2 Å². The Morgan fingerprint density at radius 2 is 2.12 bits per heavy atom. The van der Waals surface area contributed by atoms with Crippen LogP contribution in [0.3, 0.4) is 0 Å². The zero-order chi connectivity index (χ0) is 12.8. The lowest BCUT2D eigenvalue weighted by molar-refractivity contribution is 0.410. The van der Waals surface area contributed by atoms with E-state index in [9.17, 15) is 4.39 Å². The molecule has 2 atom stereocenters. The SMILES string of the molecule is CCC(C)CC(Cc1cc(F)ccc1Cl)NC. The average molecular weight is 258 g/mol. The van der Waals surface area contributed by atoms with Crippen molar-refractivity contribution in [2.24, 2.45) is 5.92 Å². The first-order valence-corrected chi connectivity index (χ1v) is 6.55. The van der Waals surface area contributed by atoms with Crippen molar-refractivity contribution in [1.29, 1.82) is 0 Å². The summed E-state index contributed by atoms with van der Waals surface area (Å²) in [6, 6.07) is 4.91. The predicted octanol–water partition coefficient (Wildman–Crippen LogP) is 4.05. The minimum atomic E-state index is -0.220. The monoisotopic (exact) mass is 257 g/mol. The highest BCUT2D eigenvalue weighted by atomic mass is 35.5. The minimum Gasteiger partial charge on any atom is -0.317 e. The largest absolute Gasteiger partial charge is 0.317 e. The van der Waals surface area contributed by atoms with Crippen LogP contribution in [-0.4, -0.2) is 13.1 Å². The standard InChI is InChI=1S/C14H21ClFN/c1-4-10(2)7-13(17-3)9-11-8-12(16)5-6-14(11)15/h5-6,8,10,13,17H,4,7,9H2,1-3H3. The molecule has 0 aliphatic heterocycles. The van der Waals surface area contributed by atoms with Crippen LogP contribution >= 0.6 is 11.6 Å². The summed E-state index contributed by atoms with van der Waals surface area (Å²) < 4.78 is 13.2. The fourth-order valence-corrected chi connectivity index (χ4v) is 2.12. The molecule has 0 fully saturated rings. The molecule has 0 radical (unpaired) electrons. The van der Waals surface area contributed by atoms with Gasteiger partial charge in [0, 0.05) is 11.1 Å². The van der Waals surface area contributed by atoms with Crippen LogP contribution in [0.4, 0.5) is 4.39 Å². The van der Waals surface area contributed by atoms with Gasteiger partial charge in [-0.15, -0.1) is 0 Å². The van der Waals surface area contributed by atoms with Gasteiger partial charge < -0.3 is 5.32 Å². The molecular weight excluding hydrogens is 237 g/mol. The molecule has 1 nitrogen and oxygen atoms in total. The minimum absolute atomic E-state index is 0.220. The molecular formula is C14H21ClFN. The zero-order valence-electron chi connectivity index (χ0n) is 10.8. The molecule has 1 N–H and O–H groups in total. The summed E-state index contributed by atoms with van der Waals surface area (Å²) in [7, 11) is 1.94. The van der Waals surface area contributed by atoms with E-state index in [4.69, 9.17) is 11.6 Å². The molecule has 3 heteroatoms. The van der Waals surface area contributed by atoms with Gasteiger partial charge in [0.1, 0.15) is 5.82 Å². The lowest BCUT2D eigenvalue weighted by Gasteiger charge is -2.20. The van der Waals surface area contributed by atoms with E-state index < -0.39 is 0 Å². The van der Waals surface area contributed by atoms with E-state index >= 15 is 0 Å². The number of hydrogen-bond acceptors (Lipinski definition) is 1. The maximum atomic E-state index is 13.2. The Morgan fingerprint density at radius 3 is 2.71 bits per heavy atom. The van der Waals surface area contributed by atoms with Crippen molar-refractivity contribution < 1.29 is 4.39 Å². The van der Waals surface area contributed by atoms with Crippen LogP contribution in [0, 0.1) is 11.7 Å². The van der Waals surface area contributed by atoms with Crippen LogP contribution in [0.15, 0.2) is 18.2 Å². The Kier molecular flexibility index (Phi) is 5.93.